The molecule has 3 aromatic carbocycles. The van der Waals surface area contributed by atoms with Crippen molar-refractivity contribution in [3.05, 3.63) is 93.8 Å². The van der Waals surface area contributed by atoms with Gasteiger partial charge in [-0.05, 0) is 55.3 Å². The summed E-state index contributed by atoms with van der Waals surface area (Å²) in [7, 11) is 1.57. The Morgan fingerprint density at radius 2 is 1.74 bits per heavy atom. The summed E-state index contributed by atoms with van der Waals surface area (Å²) in [5.41, 5.74) is 1.75. The van der Waals surface area contributed by atoms with Gasteiger partial charge in [0.15, 0.2) is 16.9 Å². The lowest BCUT2D eigenvalue weighted by atomic mass is 9.97. The lowest BCUT2D eigenvalue weighted by molar-refractivity contribution is 0.0971. The second kappa shape index (κ2) is 11.0. The lowest BCUT2D eigenvalue weighted by Crippen LogP contribution is -2.29. The zero-order valence-corrected chi connectivity index (χ0v) is 21.9. The molecule has 0 bridgehead atoms. The lowest BCUT2D eigenvalue weighted by Gasteiger charge is -2.26. The number of unbranched alkanes of at least 4 members (excludes halogenated alkanes) is 2. The van der Waals surface area contributed by atoms with E-state index in [-0.39, 0.29) is 17.1 Å². The molecule has 1 unspecified atom stereocenters. The minimum atomic E-state index is -0.723. The summed E-state index contributed by atoms with van der Waals surface area (Å²) in [6.07, 6.45) is 3.14. The maximum absolute atomic E-state index is 13.9. The van der Waals surface area contributed by atoms with Crippen LogP contribution in [0.2, 0.25) is 0 Å². The summed E-state index contributed by atoms with van der Waals surface area (Å²) >= 11 is 0. The zero-order valence-electron chi connectivity index (χ0n) is 21.9. The van der Waals surface area contributed by atoms with E-state index in [1.165, 1.54) is 0 Å². The Balaban J connectivity index is 1.67. The van der Waals surface area contributed by atoms with Crippen LogP contribution in [0.4, 0.5) is 5.69 Å². The van der Waals surface area contributed by atoms with Crippen molar-refractivity contribution in [2.45, 2.75) is 39.2 Å². The Kier molecular flexibility index (Phi) is 7.36. The molecule has 7 nitrogen and oxygen atoms in total. The number of benzene rings is 3. The SMILES string of the molecule is CCCCCOc1ccc(C2c3c(oc4ccccc4c3=O)C(=O)N2c2cccc(OC)c2)cc1OCC. The van der Waals surface area contributed by atoms with Crippen molar-refractivity contribution in [2.75, 3.05) is 25.2 Å². The smallest absolute Gasteiger partial charge is 0.295 e. The topological polar surface area (TPSA) is 78.2 Å². The van der Waals surface area contributed by atoms with Gasteiger partial charge in [0.05, 0.1) is 37.3 Å². The van der Waals surface area contributed by atoms with Gasteiger partial charge < -0.3 is 18.6 Å². The van der Waals surface area contributed by atoms with Crippen molar-refractivity contribution >= 4 is 22.6 Å². The van der Waals surface area contributed by atoms with E-state index in [2.05, 4.69) is 6.92 Å². The average Bonchev–Trinajstić information content (AvgIpc) is 3.24. The van der Waals surface area contributed by atoms with Gasteiger partial charge in [0.1, 0.15) is 11.3 Å². The number of para-hydroxylation sites is 1. The van der Waals surface area contributed by atoms with Gasteiger partial charge >= 0.3 is 0 Å². The van der Waals surface area contributed by atoms with Crippen molar-refractivity contribution in [2.24, 2.45) is 0 Å². The number of rotatable bonds is 10. The molecule has 0 spiro atoms. The Hall–Kier alpha value is -4.26. The minimum absolute atomic E-state index is 0.0411. The van der Waals surface area contributed by atoms with Crippen LogP contribution < -0.4 is 24.5 Å². The maximum atomic E-state index is 13.9. The van der Waals surface area contributed by atoms with Gasteiger partial charge in [-0.1, -0.05) is 44.0 Å². The van der Waals surface area contributed by atoms with E-state index < -0.39 is 6.04 Å². The molecule has 1 aromatic heterocycles. The van der Waals surface area contributed by atoms with E-state index in [1.807, 2.05) is 43.3 Å². The molecule has 0 saturated carbocycles. The van der Waals surface area contributed by atoms with Crippen LogP contribution in [0.3, 0.4) is 0 Å². The number of carbonyl (C=O) groups excluding carboxylic acids is 1. The Bertz CT molecular complexity index is 1520. The summed E-state index contributed by atoms with van der Waals surface area (Å²) in [6.45, 7) is 5.09. The third kappa shape index (κ3) is 4.60. The van der Waals surface area contributed by atoms with Crippen LogP contribution in [0.5, 0.6) is 17.2 Å². The molecule has 1 atom stereocenters. The highest BCUT2D eigenvalue weighted by atomic mass is 16.5. The highest BCUT2D eigenvalue weighted by Crippen LogP contribution is 2.44. The first-order valence-electron chi connectivity index (χ1n) is 13.0. The molecule has 7 heteroatoms. The van der Waals surface area contributed by atoms with Crippen LogP contribution in [0.25, 0.3) is 11.0 Å². The number of amides is 1. The van der Waals surface area contributed by atoms with E-state index in [9.17, 15) is 9.59 Å². The first-order valence-corrected chi connectivity index (χ1v) is 13.0. The second-order valence-corrected chi connectivity index (χ2v) is 9.14. The average molecular weight is 514 g/mol. The molecular weight excluding hydrogens is 482 g/mol. The normalized spacial score (nSPS) is 14.6. The molecule has 0 N–H and O–H groups in total. The van der Waals surface area contributed by atoms with Crippen molar-refractivity contribution in [3.8, 4) is 17.2 Å². The molecule has 0 fully saturated rings. The Labute approximate surface area is 221 Å². The summed E-state index contributed by atoms with van der Waals surface area (Å²) in [4.78, 5) is 29.3. The molecule has 4 aromatic rings. The first kappa shape index (κ1) is 25.4. The van der Waals surface area contributed by atoms with E-state index in [4.69, 9.17) is 18.6 Å². The second-order valence-electron chi connectivity index (χ2n) is 9.14. The molecule has 0 saturated heterocycles. The predicted molar refractivity (Wildman–Crippen MR) is 147 cm³/mol. The fraction of sp³-hybridized carbons (Fsp3) is 0.290. The predicted octanol–water partition coefficient (Wildman–Crippen LogP) is 6.52. The van der Waals surface area contributed by atoms with Gasteiger partial charge in [0, 0.05) is 11.8 Å². The number of methoxy groups -OCH3 is 1. The van der Waals surface area contributed by atoms with Crippen LogP contribution >= 0.6 is 0 Å². The van der Waals surface area contributed by atoms with Gasteiger partial charge in [-0.3, -0.25) is 14.5 Å². The third-order valence-electron chi connectivity index (χ3n) is 6.70. The molecule has 0 radical (unpaired) electrons. The molecular formula is C31H31NO6. The zero-order chi connectivity index (χ0) is 26.6. The van der Waals surface area contributed by atoms with Gasteiger partial charge in [-0.25, -0.2) is 0 Å². The highest BCUT2D eigenvalue weighted by Gasteiger charge is 2.44. The summed E-state index contributed by atoms with van der Waals surface area (Å²) in [5.74, 6) is 1.45. The van der Waals surface area contributed by atoms with Gasteiger partial charge in [-0.2, -0.15) is 0 Å². The van der Waals surface area contributed by atoms with Crippen molar-refractivity contribution in [1.82, 2.24) is 0 Å². The van der Waals surface area contributed by atoms with Crippen LogP contribution in [0, 0.1) is 0 Å². The van der Waals surface area contributed by atoms with Crippen molar-refractivity contribution in [3.63, 3.8) is 0 Å². The van der Waals surface area contributed by atoms with Gasteiger partial charge in [0.25, 0.3) is 5.91 Å². The number of carbonyl (C=O) groups is 1. The minimum Gasteiger partial charge on any atom is -0.497 e. The molecule has 1 aliphatic heterocycles. The molecule has 38 heavy (non-hydrogen) atoms. The van der Waals surface area contributed by atoms with E-state index in [0.717, 1.165) is 19.3 Å². The molecule has 1 amide bonds. The van der Waals surface area contributed by atoms with Gasteiger partial charge in [0.2, 0.25) is 5.76 Å². The monoisotopic (exact) mass is 513 g/mol. The quantitative estimate of drug-likeness (QED) is 0.225. The third-order valence-corrected chi connectivity index (χ3v) is 6.70. The number of hydrogen-bond donors (Lipinski definition) is 0. The highest BCUT2D eigenvalue weighted by molar-refractivity contribution is 6.10. The molecule has 196 valence electrons. The summed E-state index contributed by atoms with van der Waals surface area (Å²) in [5, 5.41) is 0.428. The number of fused-ring (bicyclic) bond motifs is 2. The number of nitrogens with zero attached hydrogens (tertiary/aromatic N) is 1. The summed E-state index contributed by atoms with van der Waals surface area (Å²) < 4.78 is 23.4. The Morgan fingerprint density at radius 3 is 2.53 bits per heavy atom. The standard InChI is InChI=1S/C31H31NO6/c1-4-6-9-17-37-25-16-15-20(18-26(25)36-5-2)28-27-29(33)23-13-7-8-14-24(23)38-30(27)31(34)32(28)21-11-10-12-22(19-21)35-3/h7-8,10-16,18-19,28H,4-6,9,17H2,1-3H3. The molecule has 0 aliphatic carbocycles. The van der Waals surface area contributed by atoms with Crippen molar-refractivity contribution < 1.29 is 23.4 Å². The number of ether oxygens (including phenoxy) is 3. The largest absolute Gasteiger partial charge is 0.497 e. The molecule has 2 heterocycles. The number of hydrogen-bond acceptors (Lipinski definition) is 6. The maximum Gasteiger partial charge on any atom is 0.295 e. The molecule has 5 rings (SSSR count). The first-order chi connectivity index (χ1) is 18.6. The Morgan fingerprint density at radius 1 is 0.895 bits per heavy atom. The van der Waals surface area contributed by atoms with E-state index in [1.54, 1.807) is 42.3 Å². The van der Waals surface area contributed by atoms with Crippen LogP contribution in [0.15, 0.2) is 75.9 Å². The van der Waals surface area contributed by atoms with Gasteiger partial charge in [-0.15, -0.1) is 0 Å². The van der Waals surface area contributed by atoms with E-state index >= 15 is 0 Å². The number of anilines is 1. The molecule has 1 aliphatic rings. The summed E-state index contributed by atoms with van der Waals surface area (Å²) in [6, 6.07) is 19.1. The fourth-order valence-corrected chi connectivity index (χ4v) is 4.88. The van der Waals surface area contributed by atoms with E-state index in [0.29, 0.717) is 58.2 Å². The van der Waals surface area contributed by atoms with Crippen LogP contribution in [-0.2, 0) is 0 Å². The van der Waals surface area contributed by atoms with Crippen LogP contribution in [0.1, 0.15) is 60.8 Å². The fourth-order valence-electron chi connectivity index (χ4n) is 4.88. The van der Waals surface area contributed by atoms with Crippen molar-refractivity contribution in [1.29, 1.82) is 0 Å². The van der Waals surface area contributed by atoms with Crippen LogP contribution in [-0.4, -0.2) is 26.2 Å².